The van der Waals surface area contributed by atoms with Gasteiger partial charge in [-0.25, -0.2) is 4.39 Å². The normalized spacial score (nSPS) is 10.7. The summed E-state index contributed by atoms with van der Waals surface area (Å²) in [5.74, 6) is -0.0495. The maximum atomic E-state index is 13.9. The Kier molecular flexibility index (Phi) is 8.07. The fourth-order valence-electron chi connectivity index (χ4n) is 1.91. The standard InChI is InChI=1S/C15H23BrFNO/c1-2-3-4-5-6-7-10-19-13-9-8-12(11-18)14(16)15(13)17/h8-9H,2-7,10-11,18H2,1H3. The highest BCUT2D eigenvalue weighted by Crippen LogP contribution is 2.28. The van der Waals surface area contributed by atoms with E-state index in [9.17, 15) is 4.39 Å². The van der Waals surface area contributed by atoms with Crippen molar-refractivity contribution in [3.05, 3.63) is 28.0 Å². The van der Waals surface area contributed by atoms with E-state index in [1.807, 2.05) is 0 Å². The van der Waals surface area contributed by atoms with Crippen LogP contribution in [0.25, 0.3) is 0 Å². The Morgan fingerprint density at radius 1 is 1.16 bits per heavy atom. The number of hydrogen-bond acceptors (Lipinski definition) is 2. The van der Waals surface area contributed by atoms with E-state index < -0.39 is 0 Å². The molecule has 0 bridgehead atoms. The number of unbranched alkanes of at least 4 members (excludes halogenated alkanes) is 5. The van der Waals surface area contributed by atoms with E-state index in [0.29, 0.717) is 23.4 Å². The summed E-state index contributed by atoms with van der Waals surface area (Å²) in [6.07, 6.45) is 7.17. The Hall–Kier alpha value is -0.610. The summed E-state index contributed by atoms with van der Waals surface area (Å²) in [5, 5.41) is 0. The molecule has 0 heterocycles. The van der Waals surface area contributed by atoms with Gasteiger partial charge >= 0.3 is 0 Å². The molecule has 0 saturated carbocycles. The number of rotatable bonds is 9. The Morgan fingerprint density at radius 3 is 2.53 bits per heavy atom. The minimum Gasteiger partial charge on any atom is -0.490 e. The highest BCUT2D eigenvalue weighted by Gasteiger charge is 2.11. The lowest BCUT2D eigenvalue weighted by Gasteiger charge is -2.10. The van der Waals surface area contributed by atoms with Crippen LogP contribution < -0.4 is 10.5 Å². The number of hydrogen-bond donors (Lipinski definition) is 1. The quantitative estimate of drug-likeness (QED) is 0.660. The van der Waals surface area contributed by atoms with Gasteiger partial charge in [0.15, 0.2) is 11.6 Å². The molecule has 1 aromatic carbocycles. The summed E-state index contributed by atoms with van der Waals surface area (Å²) in [5.41, 5.74) is 6.27. The first kappa shape index (κ1) is 16.4. The van der Waals surface area contributed by atoms with Gasteiger partial charge in [0, 0.05) is 6.54 Å². The van der Waals surface area contributed by atoms with Gasteiger partial charge in [0.05, 0.1) is 11.1 Å². The lowest BCUT2D eigenvalue weighted by Crippen LogP contribution is -2.03. The number of nitrogens with two attached hydrogens (primary N) is 1. The molecule has 1 rings (SSSR count). The SMILES string of the molecule is CCCCCCCCOc1ccc(CN)c(Br)c1F. The van der Waals surface area contributed by atoms with Gasteiger partial charge in [0.1, 0.15) is 0 Å². The van der Waals surface area contributed by atoms with Crippen molar-refractivity contribution in [1.82, 2.24) is 0 Å². The fraction of sp³-hybridized carbons (Fsp3) is 0.600. The predicted molar refractivity (Wildman–Crippen MR) is 80.9 cm³/mol. The van der Waals surface area contributed by atoms with Crippen LogP contribution in [-0.2, 0) is 6.54 Å². The molecule has 2 nitrogen and oxygen atoms in total. The van der Waals surface area contributed by atoms with Crippen molar-refractivity contribution in [1.29, 1.82) is 0 Å². The molecule has 0 amide bonds. The van der Waals surface area contributed by atoms with Crippen LogP contribution in [0.2, 0.25) is 0 Å². The summed E-state index contributed by atoms with van der Waals surface area (Å²) in [6.45, 7) is 3.08. The molecule has 0 aliphatic rings. The van der Waals surface area contributed by atoms with E-state index in [1.54, 1.807) is 12.1 Å². The molecule has 2 N–H and O–H groups in total. The second kappa shape index (κ2) is 9.32. The molecule has 0 saturated heterocycles. The van der Waals surface area contributed by atoms with E-state index in [2.05, 4.69) is 22.9 Å². The molecular formula is C15H23BrFNO. The van der Waals surface area contributed by atoms with Gasteiger partial charge in [-0.15, -0.1) is 0 Å². The molecule has 0 fully saturated rings. The van der Waals surface area contributed by atoms with Gasteiger partial charge in [0.25, 0.3) is 0 Å². The van der Waals surface area contributed by atoms with Gasteiger partial charge in [-0.05, 0) is 34.0 Å². The van der Waals surface area contributed by atoms with Crippen LogP contribution in [0.1, 0.15) is 51.0 Å². The Balaban J connectivity index is 2.32. The lowest BCUT2D eigenvalue weighted by atomic mass is 10.1. The van der Waals surface area contributed by atoms with Crippen LogP contribution in [0, 0.1) is 5.82 Å². The number of ether oxygens (including phenoxy) is 1. The monoisotopic (exact) mass is 331 g/mol. The van der Waals surface area contributed by atoms with Crippen molar-refractivity contribution in [2.75, 3.05) is 6.61 Å². The van der Waals surface area contributed by atoms with Crippen LogP contribution in [0.4, 0.5) is 4.39 Å². The molecular weight excluding hydrogens is 309 g/mol. The van der Waals surface area contributed by atoms with Gasteiger partial charge in [0.2, 0.25) is 0 Å². The van der Waals surface area contributed by atoms with Crippen molar-refractivity contribution in [2.24, 2.45) is 5.73 Å². The number of halogens is 2. The van der Waals surface area contributed by atoms with Crippen LogP contribution in [-0.4, -0.2) is 6.61 Å². The van der Waals surface area contributed by atoms with Crippen molar-refractivity contribution in [3.63, 3.8) is 0 Å². The third-order valence-electron chi connectivity index (χ3n) is 3.10. The van der Waals surface area contributed by atoms with Crippen LogP contribution in [0.15, 0.2) is 16.6 Å². The maximum Gasteiger partial charge on any atom is 0.179 e. The summed E-state index contributed by atoms with van der Waals surface area (Å²) < 4.78 is 19.8. The largest absolute Gasteiger partial charge is 0.490 e. The zero-order chi connectivity index (χ0) is 14.1. The summed E-state index contributed by atoms with van der Waals surface area (Å²) in [6, 6.07) is 3.45. The first-order valence-corrected chi connectivity index (χ1v) is 7.79. The third-order valence-corrected chi connectivity index (χ3v) is 3.96. The first-order valence-electron chi connectivity index (χ1n) is 7.00. The smallest absolute Gasteiger partial charge is 0.179 e. The van der Waals surface area contributed by atoms with Crippen molar-refractivity contribution >= 4 is 15.9 Å². The summed E-state index contributed by atoms with van der Waals surface area (Å²) >= 11 is 3.21. The average molecular weight is 332 g/mol. The molecule has 0 aliphatic heterocycles. The van der Waals surface area contributed by atoms with E-state index in [4.69, 9.17) is 10.5 Å². The minimum absolute atomic E-state index is 0.303. The predicted octanol–water partition coefficient (Wildman–Crippen LogP) is 4.79. The highest BCUT2D eigenvalue weighted by molar-refractivity contribution is 9.10. The third kappa shape index (κ3) is 5.49. The van der Waals surface area contributed by atoms with Crippen molar-refractivity contribution in [3.8, 4) is 5.75 Å². The molecule has 0 unspecified atom stereocenters. The van der Waals surface area contributed by atoms with Crippen LogP contribution in [0.3, 0.4) is 0 Å². The van der Waals surface area contributed by atoms with Gasteiger partial charge < -0.3 is 10.5 Å². The van der Waals surface area contributed by atoms with Crippen LogP contribution >= 0.6 is 15.9 Å². The van der Waals surface area contributed by atoms with E-state index >= 15 is 0 Å². The number of benzene rings is 1. The topological polar surface area (TPSA) is 35.2 Å². The van der Waals surface area contributed by atoms with Gasteiger partial charge in [-0.1, -0.05) is 45.1 Å². The molecule has 4 heteroatoms. The molecule has 0 atom stereocenters. The average Bonchev–Trinajstić information content (AvgIpc) is 2.42. The minimum atomic E-state index is -0.353. The van der Waals surface area contributed by atoms with Gasteiger partial charge in [-0.3, -0.25) is 0 Å². The molecule has 0 aliphatic carbocycles. The maximum absolute atomic E-state index is 13.9. The molecule has 108 valence electrons. The molecule has 0 spiro atoms. The van der Waals surface area contributed by atoms with E-state index in [0.717, 1.165) is 18.4 Å². The Morgan fingerprint density at radius 2 is 1.84 bits per heavy atom. The molecule has 19 heavy (non-hydrogen) atoms. The molecule has 0 radical (unpaired) electrons. The Bertz CT molecular complexity index is 385. The molecule has 1 aromatic rings. The van der Waals surface area contributed by atoms with Crippen molar-refractivity contribution in [2.45, 2.75) is 52.0 Å². The highest BCUT2D eigenvalue weighted by atomic mass is 79.9. The zero-order valence-electron chi connectivity index (χ0n) is 11.6. The van der Waals surface area contributed by atoms with Crippen molar-refractivity contribution < 1.29 is 9.13 Å². The Labute approximate surface area is 123 Å². The van der Waals surface area contributed by atoms with Crippen LogP contribution in [0.5, 0.6) is 5.75 Å². The van der Waals surface area contributed by atoms with Gasteiger partial charge in [-0.2, -0.15) is 0 Å². The zero-order valence-corrected chi connectivity index (χ0v) is 13.1. The second-order valence-corrected chi connectivity index (χ2v) is 5.46. The molecule has 0 aromatic heterocycles. The first-order chi connectivity index (χ1) is 9.20. The van der Waals surface area contributed by atoms with E-state index in [-0.39, 0.29) is 5.82 Å². The second-order valence-electron chi connectivity index (χ2n) is 4.67. The van der Waals surface area contributed by atoms with E-state index in [1.165, 1.54) is 25.7 Å². The fourth-order valence-corrected chi connectivity index (χ4v) is 2.39. The summed E-state index contributed by atoms with van der Waals surface area (Å²) in [4.78, 5) is 0. The lowest BCUT2D eigenvalue weighted by molar-refractivity contribution is 0.289. The summed E-state index contributed by atoms with van der Waals surface area (Å²) in [7, 11) is 0.